The third-order valence-corrected chi connectivity index (χ3v) is 5.21. The van der Waals surface area contributed by atoms with E-state index in [2.05, 4.69) is 28.6 Å². The zero-order chi connectivity index (χ0) is 21.0. The van der Waals surface area contributed by atoms with Crippen LogP contribution in [0.1, 0.15) is 36.8 Å². The van der Waals surface area contributed by atoms with Gasteiger partial charge in [-0.05, 0) is 69.7 Å². The van der Waals surface area contributed by atoms with Crippen LogP contribution in [0, 0.1) is 25.2 Å². The normalized spacial score (nSPS) is 14.8. The predicted molar refractivity (Wildman–Crippen MR) is 116 cm³/mol. The maximum Gasteiger partial charge on any atom is 0.266 e. The van der Waals surface area contributed by atoms with Gasteiger partial charge in [0.25, 0.3) is 5.91 Å². The van der Waals surface area contributed by atoms with Gasteiger partial charge in [-0.2, -0.15) is 5.26 Å². The summed E-state index contributed by atoms with van der Waals surface area (Å²) in [5.74, 6) is -0.402. The van der Waals surface area contributed by atoms with Crippen molar-refractivity contribution in [3.05, 3.63) is 52.9 Å². The van der Waals surface area contributed by atoms with Crippen molar-refractivity contribution in [2.45, 2.75) is 33.7 Å². The first kappa shape index (κ1) is 20.7. The van der Waals surface area contributed by atoms with Crippen molar-refractivity contribution in [3.8, 4) is 6.07 Å². The molecule has 0 spiro atoms. The Bertz CT molecular complexity index is 942. The number of aromatic nitrogens is 1. The van der Waals surface area contributed by atoms with Gasteiger partial charge in [-0.25, -0.2) is 0 Å². The van der Waals surface area contributed by atoms with Crippen molar-refractivity contribution in [1.82, 2.24) is 4.57 Å². The van der Waals surface area contributed by atoms with Gasteiger partial charge in [0.15, 0.2) is 0 Å². The van der Waals surface area contributed by atoms with Gasteiger partial charge >= 0.3 is 0 Å². The molecule has 0 aliphatic carbocycles. The van der Waals surface area contributed by atoms with Gasteiger partial charge < -0.3 is 19.5 Å². The van der Waals surface area contributed by atoms with E-state index < -0.39 is 5.91 Å². The summed E-state index contributed by atoms with van der Waals surface area (Å²) in [6, 6.07) is 12.1. The highest BCUT2D eigenvalue weighted by Crippen LogP contribution is 2.23. The summed E-state index contributed by atoms with van der Waals surface area (Å²) in [5.41, 5.74) is 4.91. The first-order valence-corrected chi connectivity index (χ1v) is 9.95. The molecule has 1 saturated heterocycles. The van der Waals surface area contributed by atoms with Crippen molar-refractivity contribution >= 4 is 23.4 Å². The number of rotatable bonds is 5. The summed E-state index contributed by atoms with van der Waals surface area (Å²) in [6.45, 7) is 11.5. The van der Waals surface area contributed by atoms with E-state index in [9.17, 15) is 10.1 Å². The standard InChI is InChI=1S/C23H28N4O2/c1-16(2)27-17(3)13-19(18(27)4)14-20(15-24)23(28)25-21-5-7-22(8-6-21)26-9-11-29-12-10-26/h5-8,13-14,16H,9-12H2,1-4H3,(H,25,28)/b20-14+. The molecule has 0 atom stereocenters. The molecule has 6 heteroatoms. The fourth-order valence-electron chi connectivity index (χ4n) is 3.82. The van der Waals surface area contributed by atoms with E-state index in [1.165, 1.54) is 0 Å². The molecule has 152 valence electrons. The molecule has 1 aliphatic rings. The number of carbonyl (C=O) groups is 1. The first-order chi connectivity index (χ1) is 13.9. The Morgan fingerprint density at radius 1 is 1.21 bits per heavy atom. The highest BCUT2D eigenvalue weighted by Gasteiger charge is 2.15. The molecule has 0 bridgehead atoms. The van der Waals surface area contributed by atoms with Crippen LogP contribution in [0.3, 0.4) is 0 Å². The SMILES string of the molecule is Cc1cc(/C=C(\C#N)C(=O)Nc2ccc(N3CCOCC3)cc2)c(C)n1C(C)C. The minimum Gasteiger partial charge on any atom is -0.378 e. The maximum atomic E-state index is 12.6. The number of anilines is 2. The monoisotopic (exact) mass is 392 g/mol. The lowest BCUT2D eigenvalue weighted by molar-refractivity contribution is -0.112. The fraction of sp³-hybridized carbons (Fsp3) is 0.391. The fourth-order valence-corrected chi connectivity index (χ4v) is 3.82. The van der Waals surface area contributed by atoms with Crippen LogP contribution in [-0.4, -0.2) is 36.8 Å². The molecule has 2 aromatic rings. The van der Waals surface area contributed by atoms with Crippen molar-refractivity contribution in [1.29, 1.82) is 5.26 Å². The molecule has 0 unspecified atom stereocenters. The average molecular weight is 393 g/mol. The largest absolute Gasteiger partial charge is 0.378 e. The van der Waals surface area contributed by atoms with Gasteiger partial charge in [0.2, 0.25) is 0 Å². The van der Waals surface area contributed by atoms with Crippen molar-refractivity contribution in [2.75, 3.05) is 36.5 Å². The number of nitrogens with zero attached hydrogens (tertiary/aromatic N) is 3. The molecule has 0 saturated carbocycles. The number of aryl methyl sites for hydroxylation is 1. The molecule has 1 aromatic carbocycles. The van der Waals surface area contributed by atoms with Crippen molar-refractivity contribution in [3.63, 3.8) is 0 Å². The van der Waals surface area contributed by atoms with E-state index in [1.54, 1.807) is 6.08 Å². The predicted octanol–water partition coefficient (Wildman–Crippen LogP) is 4.07. The zero-order valence-corrected chi connectivity index (χ0v) is 17.5. The van der Waals surface area contributed by atoms with Crippen LogP contribution in [-0.2, 0) is 9.53 Å². The lowest BCUT2D eigenvalue weighted by atomic mass is 10.1. The van der Waals surface area contributed by atoms with Crippen LogP contribution in [0.15, 0.2) is 35.9 Å². The van der Waals surface area contributed by atoms with Gasteiger partial charge in [-0.1, -0.05) is 0 Å². The number of benzene rings is 1. The zero-order valence-electron chi connectivity index (χ0n) is 17.5. The van der Waals surface area contributed by atoms with Crippen LogP contribution in [0.25, 0.3) is 6.08 Å². The number of ether oxygens (including phenoxy) is 1. The van der Waals surface area contributed by atoms with Crippen LogP contribution >= 0.6 is 0 Å². The molecular weight excluding hydrogens is 364 g/mol. The Labute approximate surface area is 172 Å². The molecule has 0 radical (unpaired) electrons. The van der Waals surface area contributed by atoms with Gasteiger partial charge in [0.1, 0.15) is 11.6 Å². The number of morpholine rings is 1. The number of hydrogen-bond acceptors (Lipinski definition) is 4. The van der Waals surface area contributed by atoms with E-state index in [0.29, 0.717) is 11.7 Å². The van der Waals surface area contributed by atoms with Crippen LogP contribution in [0.4, 0.5) is 11.4 Å². The third-order valence-electron chi connectivity index (χ3n) is 5.21. The minimum absolute atomic E-state index is 0.0891. The van der Waals surface area contributed by atoms with Crippen molar-refractivity contribution < 1.29 is 9.53 Å². The molecule has 1 fully saturated rings. The third kappa shape index (κ3) is 4.69. The second-order valence-electron chi connectivity index (χ2n) is 7.56. The van der Waals surface area contributed by atoms with Crippen LogP contribution in [0.5, 0.6) is 0 Å². The number of amides is 1. The van der Waals surface area contributed by atoms with Crippen LogP contribution in [0.2, 0.25) is 0 Å². The summed E-state index contributed by atoms with van der Waals surface area (Å²) in [4.78, 5) is 14.9. The van der Waals surface area contributed by atoms with Gasteiger partial charge in [0.05, 0.1) is 13.2 Å². The lowest BCUT2D eigenvalue weighted by Crippen LogP contribution is -2.36. The van der Waals surface area contributed by atoms with E-state index in [1.807, 2.05) is 50.2 Å². The summed E-state index contributed by atoms with van der Waals surface area (Å²) in [5, 5.41) is 12.3. The van der Waals surface area contributed by atoms with Crippen molar-refractivity contribution in [2.24, 2.45) is 0 Å². The second-order valence-corrected chi connectivity index (χ2v) is 7.56. The van der Waals surface area contributed by atoms with Gasteiger partial charge in [-0.3, -0.25) is 4.79 Å². The minimum atomic E-state index is -0.402. The van der Waals surface area contributed by atoms with E-state index in [4.69, 9.17) is 4.74 Å². The topological polar surface area (TPSA) is 70.3 Å². The molecule has 6 nitrogen and oxygen atoms in total. The highest BCUT2D eigenvalue weighted by molar-refractivity contribution is 6.09. The number of hydrogen-bond donors (Lipinski definition) is 1. The quantitative estimate of drug-likeness (QED) is 0.615. The summed E-state index contributed by atoms with van der Waals surface area (Å²) in [6.07, 6.45) is 1.67. The highest BCUT2D eigenvalue weighted by atomic mass is 16.5. The number of nitrogens with one attached hydrogen (secondary N) is 1. The van der Waals surface area contributed by atoms with E-state index >= 15 is 0 Å². The molecule has 1 aliphatic heterocycles. The molecule has 29 heavy (non-hydrogen) atoms. The van der Waals surface area contributed by atoms with E-state index in [0.717, 1.165) is 48.9 Å². The van der Waals surface area contributed by atoms with E-state index in [-0.39, 0.29) is 5.57 Å². The summed E-state index contributed by atoms with van der Waals surface area (Å²) >= 11 is 0. The number of carbonyl (C=O) groups excluding carboxylic acids is 1. The average Bonchev–Trinajstić information content (AvgIpc) is 3.00. The number of nitriles is 1. The first-order valence-electron chi connectivity index (χ1n) is 9.95. The Kier molecular flexibility index (Phi) is 6.40. The maximum absolute atomic E-state index is 12.6. The Morgan fingerprint density at radius 3 is 2.41 bits per heavy atom. The summed E-state index contributed by atoms with van der Waals surface area (Å²) in [7, 11) is 0. The lowest BCUT2D eigenvalue weighted by Gasteiger charge is -2.28. The molecule has 1 aromatic heterocycles. The van der Waals surface area contributed by atoms with Gasteiger partial charge in [-0.15, -0.1) is 0 Å². The van der Waals surface area contributed by atoms with Gasteiger partial charge in [0, 0.05) is 41.9 Å². The Balaban J connectivity index is 1.74. The smallest absolute Gasteiger partial charge is 0.266 e. The Hall–Kier alpha value is -3.04. The molecular formula is C23H28N4O2. The molecule has 1 N–H and O–H groups in total. The molecule has 2 heterocycles. The molecule has 1 amide bonds. The Morgan fingerprint density at radius 2 is 1.86 bits per heavy atom. The van der Waals surface area contributed by atoms with Crippen LogP contribution < -0.4 is 10.2 Å². The summed E-state index contributed by atoms with van der Waals surface area (Å²) < 4.78 is 7.58. The molecule has 3 rings (SSSR count). The second kappa shape index (κ2) is 8.97.